The van der Waals surface area contributed by atoms with Crippen LogP contribution in [0.5, 0.6) is 0 Å². The molecule has 1 aliphatic heterocycles. The van der Waals surface area contributed by atoms with Crippen molar-refractivity contribution >= 4 is 0 Å². The molecule has 0 saturated carbocycles. The Balaban J connectivity index is 2.20. The minimum atomic E-state index is 0.642. The van der Waals surface area contributed by atoms with Gasteiger partial charge in [-0.05, 0) is 30.7 Å². The van der Waals surface area contributed by atoms with Gasteiger partial charge >= 0.3 is 0 Å². The second-order valence-corrected chi connectivity index (χ2v) is 5.12. The van der Waals surface area contributed by atoms with E-state index >= 15 is 0 Å². The zero-order valence-corrected chi connectivity index (χ0v) is 9.06. The Kier molecular flexibility index (Phi) is 3.16. The highest BCUT2D eigenvalue weighted by atomic mass is 15.2. The molecule has 0 aromatic rings. The molecule has 0 unspecified atom stereocenters. The van der Waals surface area contributed by atoms with Crippen LogP contribution in [0.1, 0.15) is 40.5 Å². The second-order valence-electron chi connectivity index (χ2n) is 5.12. The molecule has 0 spiro atoms. The van der Waals surface area contributed by atoms with E-state index in [0.717, 1.165) is 5.92 Å². The van der Waals surface area contributed by atoms with Gasteiger partial charge in [0.15, 0.2) is 0 Å². The van der Waals surface area contributed by atoms with Crippen molar-refractivity contribution in [2.24, 2.45) is 11.3 Å². The maximum Gasteiger partial charge on any atom is 0.00479 e. The summed E-state index contributed by atoms with van der Waals surface area (Å²) in [5.41, 5.74) is 0.642. The fourth-order valence-corrected chi connectivity index (χ4v) is 2.62. The van der Waals surface area contributed by atoms with E-state index in [1.54, 1.807) is 0 Å². The topological polar surface area (TPSA) is 3.24 Å². The van der Waals surface area contributed by atoms with Gasteiger partial charge < -0.3 is 4.90 Å². The van der Waals surface area contributed by atoms with E-state index in [1.807, 2.05) is 0 Å². The molecule has 0 aromatic heterocycles. The van der Waals surface area contributed by atoms with Crippen LogP contribution in [0.4, 0.5) is 0 Å². The van der Waals surface area contributed by atoms with Gasteiger partial charge in [-0.15, -0.1) is 0 Å². The molecule has 1 fully saturated rings. The van der Waals surface area contributed by atoms with Gasteiger partial charge in [-0.3, -0.25) is 0 Å². The third-order valence-corrected chi connectivity index (χ3v) is 2.65. The van der Waals surface area contributed by atoms with Crippen molar-refractivity contribution in [2.45, 2.75) is 40.5 Å². The number of likely N-dealkylation sites (tertiary alicyclic amines) is 1. The normalized spacial score (nSPS) is 22.8. The largest absolute Gasteiger partial charge is 0.302 e. The van der Waals surface area contributed by atoms with Gasteiger partial charge in [0, 0.05) is 13.1 Å². The summed E-state index contributed by atoms with van der Waals surface area (Å²) in [5.74, 6) is 0.860. The summed E-state index contributed by atoms with van der Waals surface area (Å²) in [6.07, 6.45) is 2.70. The first-order valence-corrected chi connectivity index (χ1v) is 5.28. The highest BCUT2D eigenvalue weighted by Crippen LogP contribution is 2.35. The van der Waals surface area contributed by atoms with E-state index in [4.69, 9.17) is 0 Å². The summed E-state index contributed by atoms with van der Waals surface area (Å²) < 4.78 is 0. The van der Waals surface area contributed by atoms with Crippen LogP contribution in [-0.4, -0.2) is 24.5 Å². The number of hydrogen-bond donors (Lipinski definition) is 0. The first kappa shape index (κ1) is 10.0. The van der Waals surface area contributed by atoms with E-state index in [-0.39, 0.29) is 0 Å². The third kappa shape index (κ3) is 2.48. The quantitative estimate of drug-likeness (QED) is 0.625. The SMILES string of the molecule is CCCN1CC(C)(CC(C)C)C1. The average Bonchev–Trinajstić information content (AvgIpc) is 1.82. The van der Waals surface area contributed by atoms with Crippen molar-refractivity contribution in [3.05, 3.63) is 0 Å². The van der Waals surface area contributed by atoms with Crippen LogP contribution in [0.2, 0.25) is 0 Å². The fourth-order valence-electron chi connectivity index (χ4n) is 2.62. The van der Waals surface area contributed by atoms with Gasteiger partial charge in [0.1, 0.15) is 0 Å². The zero-order chi connectivity index (χ0) is 9.19. The van der Waals surface area contributed by atoms with Crippen molar-refractivity contribution in [3.8, 4) is 0 Å². The molecule has 0 bridgehead atoms. The van der Waals surface area contributed by atoms with Gasteiger partial charge in [-0.25, -0.2) is 0 Å². The number of hydrogen-bond acceptors (Lipinski definition) is 1. The van der Waals surface area contributed by atoms with Gasteiger partial charge in [0.05, 0.1) is 0 Å². The van der Waals surface area contributed by atoms with Crippen LogP contribution in [0.25, 0.3) is 0 Å². The van der Waals surface area contributed by atoms with Crippen LogP contribution in [-0.2, 0) is 0 Å². The van der Waals surface area contributed by atoms with Gasteiger partial charge in [0.2, 0.25) is 0 Å². The first-order chi connectivity index (χ1) is 5.56. The smallest absolute Gasteiger partial charge is 0.00479 e. The van der Waals surface area contributed by atoms with Crippen LogP contribution in [0.3, 0.4) is 0 Å². The predicted octanol–water partition coefficient (Wildman–Crippen LogP) is 2.76. The summed E-state index contributed by atoms with van der Waals surface area (Å²) in [6.45, 7) is 13.3. The predicted molar refractivity (Wildman–Crippen MR) is 54.3 cm³/mol. The van der Waals surface area contributed by atoms with Gasteiger partial charge in [0.25, 0.3) is 0 Å². The molecule has 1 heteroatoms. The summed E-state index contributed by atoms with van der Waals surface area (Å²) in [5, 5.41) is 0. The summed E-state index contributed by atoms with van der Waals surface area (Å²) in [7, 11) is 0. The molecule has 0 atom stereocenters. The van der Waals surface area contributed by atoms with E-state index < -0.39 is 0 Å². The standard InChI is InChI=1S/C11H23N/c1-5-6-12-8-11(4,9-12)7-10(2)3/h10H,5-9H2,1-4H3. The summed E-state index contributed by atoms with van der Waals surface area (Å²) >= 11 is 0. The average molecular weight is 169 g/mol. The Morgan fingerprint density at radius 3 is 2.33 bits per heavy atom. The molecule has 1 aliphatic rings. The molecule has 0 aliphatic carbocycles. The molecule has 1 heterocycles. The van der Waals surface area contributed by atoms with E-state index in [9.17, 15) is 0 Å². The molecule has 1 saturated heterocycles. The Bertz CT molecular complexity index is 134. The van der Waals surface area contributed by atoms with Crippen molar-refractivity contribution in [3.63, 3.8) is 0 Å². The van der Waals surface area contributed by atoms with Crippen molar-refractivity contribution in [2.75, 3.05) is 19.6 Å². The van der Waals surface area contributed by atoms with Gasteiger partial charge in [-0.1, -0.05) is 27.7 Å². The summed E-state index contributed by atoms with van der Waals surface area (Å²) in [6, 6.07) is 0. The molecule has 72 valence electrons. The highest BCUT2D eigenvalue weighted by Gasteiger charge is 2.37. The minimum absolute atomic E-state index is 0.642. The Labute approximate surface area is 77.1 Å². The van der Waals surface area contributed by atoms with Crippen LogP contribution in [0, 0.1) is 11.3 Å². The molecule has 1 nitrogen and oxygen atoms in total. The van der Waals surface area contributed by atoms with Crippen LogP contribution < -0.4 is 0 Å². The monoisotopic (exact) mass is 169 g/mol. The minimum Gasteiger partial charge on any atom is -0.302 e. The molecule has 0 N–H and O–H groups in total. The Hall–Kier alpha value is -0.0400. The number of rotatable bonds is 4. The lowest BCUT2D eigenvalue weighted by molar-refractivity contribution is 0.000155. The molecule has 0 amide bonds. The van der Waals surface area contributed by atoms with Gasteiger partial charge in [-0.2, -0.15) is 0 Å². The Morgan fingerprint density at radius 2 is 1.92 bits per heavy atom. The maximum absolute atomic E-state index is 2.57. The maximum atomic E-state index is 2.57. The molecule has 1 rings (SSSR count). The first-order valence-electron chi connectivity index (χ1n) is 5.28. The van der Waals surface area contributed by atoms with E-state index in [2.05, 4.69) is 32.6 Å². The second kappa shape index (κ2) is 3.78. The molecule has 12 heavy (non-hydrogen) atoms. The lowest BCUT2D eigenvalue weighted by Gasteiger charge is -2.49. The van der Waals surface area contributed by atoms with E-state index in [0.29, 0.717) is 5.41 Å². The molecular formula is C11H23N. The van der Waals surface area contributed by atoms with Crippen molar-refractivity contribution in [1.82, 2.24) is 4.90 Å². The third-order valence-electron chi connectivity index (χ3n) is 2.65. The van der Waals surface area contributed by atoms with E-state index in [1.165, 1.54) is 32.5 Å². The highest BCUT2D eigenvalue weighted by molar-refractivity contribution is 4.91. The Morgan fingerprint density at radius 1 is 1.33 bits per heavy atom. The molecule has 0 aromatic carbocycles. The fraction of sp³-hybridized carbons (Fsp3) is 1.00. The zero-order valence-electron chi connectivity index (χ0n) is 9.06. The lowest BCUT2D eigenvalue weighted by atomic mass is 9.75. The number of nitrogens with zero attached hydrogens (tertiary/aromatic N) is 1. The van der Waals surface area contributed by atoms with Crippen molar-refractivity contribution < 1.29 is 0 Å². The molecular weight excluding hydrogens is 146 g/mol. The lowest BCUT2D eigenvalue weighted by Crippen LogP contribution is -2.55. The van der Waals surface area contributed by atoms with Crippen LogP contribution >= 0.6 is 0 Å². The van der Waals surface area contributed by atoms with Crippen LogP contribution in [0.15, 0.2) is 0 Å². The summed E-state index contributed by atoms with van der Waals surface area (Å²) in [4.78, 5) is 2.57. The molecule has 0 radical (unpaired) electrons. The van der Waals surface area contributed by atoms with Crippen molar-refractivity contribution in [1.29, 1.82) is 0 Å².